The summed E-state index contributed by atoms with van der Waals surface area (Å²) < 4.78 is 0. The summed E-state index contributed by atoms with van der Waals surface area (Å²) in [7, 11) is 0. The van der Waals surface area contributed by atoms with Gasteiger partial charge in [0.1, 0.15) is 17.3 Å². The number of nitrogen functional groups attached to an aromatic ring is 1. The molecule has 1 amide bonds. The van der Waals surface area contributed by atoms with Gasteiger partial charge in [-0.2, -0.15) is 0 Å². The third kappa shape index (κ3) is 3.23. The van der Waals surface area contributed by atoms with Crippen molar-refractivity contribution in [2.24, 2.45) is 0 Å². The van der Waals surface area contributed by atoms with E-state index >= 15 is 0 Å². The van der Waals surface area contributed by atoms with Gasteiger partial charge < -0.3 is 16.0 Å². The van der Waals surface area contributed by atoms with E-state index in [2.05, 4.69) is 20.3 Å². The lowest BCUT2D eigenvalue weighted by atomic mass is 10.1. The highest BCUT2D eigenvalue weighted by Gasteiger charge is 2.16. The number of rotatable bonds is 3. The van der Waals surface area contributed by atoms with E-state index in [1.807, 2.05) is 60.7 Å². The predicted octanol–water partition coefficient (Wildman–Crippen LogP) is 5.27. The van der Waals surface area contributed by atoms with Crippen molar-refractivity contribution in [2.45, 2.75) is 0 Å². The quantitative estimate of drug-likeness (QED) is 0.375. The number of nitrogens with two attached hydrogens (primary N) is 1. The molecular weight excluding hydrogens is 398 g/mol. The smallest absolute Gasteiger partial charge is 0.275 e. The first-order valence-corrected chi connectivity index (χ1v) is 9.67. The molecule has 0 aliphatic carbocycles. The fourth-order valence-electron chi connectivity index (χ4n) is 3.48. The lowest BCUT2D eigenvalue weighted by Gasteiger charge is -2.11. The van der Waals surface area contributed by atoms with Crippen molar-refractivity contribution < 1.29 is 4.79 Å². The summed E-state index contributed by atoms with van der Waals surface area (Å²) in [4.78, 5) is 25.3. The number of carbonyl (C=O) groups excluding carboxylic acids is 1. The van der Waals surface area contributed by atoms with Crippen molar-refractivity contribution in [3.8, 4) is 11.4 Å². The average molecular weight is 414 g/mol. The molecule has 0 aliphatic heterocycles. The summed E-state index contributed by atoms with van der Waals surface area (Å²) in [5.41, 5.74) is 9.17. The summed E-state index contributed by atoms with van der Waals surface area (Å²) in [6.07, 6.45) is 0. The Hall–Kier alpha value is -3.90. The highest BCUT2D eigenvalue weighted by Crippen LogP contribution is 2.29. The molecule has 5 aromatic rings. The lowest BCUT2D eigenvalue weighted by Crippen LogP contribution is -2.15. The number of benzene rings is 3. The minimum Gasteiger partial charge on any atom is -0.384 e. The number of aromatic nitrogens is 3. The maximum absolute atomic E-state index is 13.1. The van der Waals surface area contributed by atoms with Crippen LogP contribution in [0.2, 0.25) is 5.02 Å². The number of nitrogens with zero attached hydrogens (tertiary/aromatic N) is 2. The van der Waals surface area contributed by atoms with Crippen LogP contribution in [0.25, 0.3) is 33.2 Å². The number of H-pyrrole nitrogens is 1. The van der Waals surface area contributed by atoms with Crippen LogP contribution >= 0.6 is 11.6 Å². The van der Waals surface area contributed by atoms with Crippen molar-refractivity contribution in [1.29, 1.82) is 0 Å². The van der Waals surface area contributed by atoms with E-state index in [0.717, 1.165) is 27.4 Å². The zero-order valence-electron chi connectivity index (χ0n) is 15.7. The standard InChI is InChI=1S/C23H16ClN5O/c24-14-9-10-18-19(12-14)27-22(26-18)16-7-3-4-8-17(16)28-23(30)21-15-6-2-1-5-13(15)11-20(25)29-21/h1-12H,(H2,25,29)(H,26,27)(H,28,30). The fourth-order valence-corrected chi connectivity index (χ4v) is 3.65. The van der Waals surface area contributed by atoms with Crippen molar-refractivity contribution in [1.82, 2.24) is 15.0 Å². The van der Waals surface area contributed by atoms with Gasteiger partial charge in [-0.05, 0) is 41.8 Å². The van der Waals surface area contributed by atoms with E-state index in [9.17, 15) is 4.79 Å². The van der Waals surface area contributed by atoms with Crippen LogP contribution in [0.3, 0.4) is 0 Å². The van der Waals surface area contributed by atoms with Crippen LogP contribution in [0.4, 0.5) is 11.5 Å². The van der Waals surface area contributed by atoms with E-state index in [1.54, 1.807) is 12.1 Å². The van der Waals surface area contributed by atoms with Crippen molar-refractivity contribution in [3.05, 3.63) is 83.5 Å². The molecule has 3 aromatic carbocycles. The molecule has 0 unspecified atom stereocenters. The molecule has 0 spiro atoms. The van der Waals surface area contributed by atoms with Crippen molar-refractivity contribution in [3.63, 3.8) is 0 Å². The number of anilines is 2. The average Bonchev–Trinajstić information content (AvgIpc) is 3.16. The lowest BCUT2D eigenvalue weighted by molar-refractivity contribution is 0.102. The Labute approximate surface area is 176 Å². The SMILES string of the molecule is Nc1cc2ccccc2c(C(=O)Nc2ccccc2-c2nc3ccc(Cl)cc3[nH]2)n1. The molecule has 146 valence electrons. The van der Waals surface area contributed by atoms with Crippen LogP contribution in [-0.2, 0) is 0 Å². The van der Waals surface area contributed by atoms with Gasteiger partial charge >= 0.3 is 0 Å². The van der Waals surface area contributed by atoms with E-state index in [4.69, 9.17) is 17.3 Å². The number of fused-ring (bicyclic) bond motifs is 2. The summed E-state index contributed by atoms with van der Waals surface area (Å²) in [6, 6.07) is 22.2. The Kier molecular flexibility index (Phi) is 4.34. The minimum absolute atomic E-state index is 0.275. The number of pyridine rings is 1. The number of carbonyl (C=O) groups is 1. The van der Waals surface area contributed by atoms with Crippen LogP contribution in [0.5, 0.6) is 0 Å². The number of hydrogen-bond acceptors (Lipinski definition) is 4. The Morgan fingerprint density at radius 2 is 1.77 bits per heavy atom. The van der Waals surface area contributed by atoms with Gasteiger partial charge in [-0.3, -0.25) is 4.79 Å². The van der Waals surface area contributed by atoms with Crippen LogP contribution in [0, 0.1) is 0 Å². The third-order valence-electron chi connectivity index (χ3n) is 4.85. The molecule has 0 aliphatic rings. The molecule has 0 saturated heterocycles. The zero-order valence-corrected chi connectivity index (χ0v) is 16.4. The van der Waals surface area contributed by atoms with Gasteiger partial charge in [-0.25, -0.2) is 9.97 Å². The number of halogens is 1. The van der Waals surface area contributed by atoms with Crippen LogP contribution in [-0.4, -0.2) is 20.9 Å². The van der Waals surface area contributed by atoms with Gasteiger partial charge in [0, 0.05) is 16.0 Å². The van der Waals surface area contributed by atoms with E-state index in [1.165, 1.54) is 0 Å². The molecule has 0 bridgehead atoms. The summed E-state index contributed by atoms with van der Waals surface area (Å²) in [6.45, 7) is 0. The molecule has 30 heavy (non-hydrogen) atoms. The first kappa shape index (κ1) is 18.1. The summed E-state index contributed by atoms with van der Waals surface area (Å²) in [5.74, 6) is 0.583. The Morgan fingerprint density at radius 1 is 0.967 bits per heavy atom. The van der Waals surface area contributed by atoms with Gasteiger partial charge in [0.2, 0.25) is 0 Å². The minimum atomic E-state index is -0.342. The van der Waals surface area contributed by atoms with E-state index in [-0.39, 0.29) is 11.6 Å². The Balaban J connectivity index is 1.56. The molecule has 7 heteroatoms. The second-order valence-corrected chi connectivity index (χ2v) is 7.30. The molecule has 0 fully saturated rings. The van der Waals surface area contributed by atoms with Gasteiger partial charge in [0.05, 0.1) is 16.7 Å². The highest BCUT2D eigenvalue weighted by molar-refractivity contribution is 6.31. The van der Waals surface area contributed by atoms with Crippen molar-refractivity contribution >= 4 is 50.8 Å². The Bertz CT molecular complexity index is 1430. The molecule has 5 rings (SSSR count). The van der Waals surface area contributed by atoms with Crippen molar-refractivity contribution in [2.75, 3.05) is 11.1 Å². The van der Waals surface area contributed by atoms with Crippen LogP contribution in [0.15, 0.2) is 72.8 Å². The fraction of sp³-hybridized carbons (Fsp3) is 0. The van der Waals surface area contributed by atoms with E-state index in [0.29, 0.717) is 22.4 Å². The summed E-state index contributed by atoms with van der Waals surface area (Å²) in [5, 5.41) is 5.18. The highest BCUT2D eigenvalue weighted by atomic mass is 35.5. The molecule has 0 atom stereocenters. The maximum Gasteiger partial charge on any atom is 0.275 e. The molecule has 2 aromatic heterocycles. The summed E-state index contributed by atoms with van der Waals surface area (Å²) >= 11 is 6.08. The van der Waals surface area contributed by atoms with Gasteiger partial charge in [0.25, 0.3) is 5.91 Å². The van der Waals surface area contributed by atoms with Gasteiger partial charge in [-0.15, -0.1) is 0 Å². The van der Waals surface area contributed by atoms with Gasteiger partial charge in [-0.1, -0.05) is 48.0 Å². The molecule has 6 nitrogen and oxygen atoms in total. The topological polar surface area (TPSA) is 96.7 Å². The number of imidazole rings is 1. The first-order chi connectivity index (χ1) is 14.6. The maximum atomic E-state index is 13.1. The zero-order chi connectivity index (χ0) is 20.7. The molecule has 2 heterocycles. The van der Waals surface area contributed by atoms with E-state index < -0.39 is 0 Å². The number of nitrogens with one attached hydrogen (secondary N) is 2. The second-order valence-electron chi connectivity index (χ2n) is 6.86. The predicted molar refractivity (Wildman–Crippen MR) is 121 cm³/mol. The third-order valence-corrected chi connectivity index (χ3v) is 5.08. The second kappa shape index (κ2) is 7.17. The van der Waals surface area contributed by atoms with Gasteiger partial charge in [0.15, 0.2) is 0 Å². The largest absolute Gasteiger partial charge is 0.384 e. The first-order valence-electron chi connectivity index (χ1n) is 9.30. The molecule has 0 radical (unpaired) electrons. The number of para-hydroxylation sites is 1. The number of amides is 1. The molecule has 4 N–H and O–H groups in total. The van der Waals surface area contributed by atoms with Crippen LogP contribution in [0.1, 0.15) is 10.5 Å². The Morgan fingerprint density at radius 3 is 2.67 bits per heavy atom. The number of aromatic amines is 1. The number of hydrogen-bond donors (Lipinski definition) is 3. The normalized spacial score (nSPS) is 11.1. The van der Waals surface area contributed by atoms with Crippen LogP contribution < -0.4 is 11.1 Å². The molecule has 0 saturated carbocycles. The monoisotopic (exact) mass is 413 g/mol. The molecular formula is C23H16ClN5O.